The lowest BCUT2D eigenvalue weighted by Gasteiger charge is -2.05. The Morgan fingerprint density at radius 3 is 2.81 bits per heavy atom. The number of thiazole rings is 1. The molecular formula is C20H22N2O3S. The molecule has 0 fully saturated rings. The summed E-state index contributed by atoms with van der Waals surface area (Å²) in [6, 6.07) is 13.0. The zero-order chi connectivity index (χ0) is 18.5. The van der Waals surface area contributed by atoms with Crippen LogP contribution in [0.2, 0.25) is 0 Å². The number of unbranched alkanes of at least 4 members (excludes halogenated alkanes) is 1. The number of hydrogen-bond acceptors (Lipinski definition) is 4. The molecule has 5 nitrogen and oxygen atoms in total. The molecule has 0 N–H and O–H groups in total. The van der Waals surface area contributed by atoms with Crippen molar-refractivity contribution in [2.24, 2.45) is 12.0 Å². The Bertz CT molecular complexity index is 988. The maximum absolute atomic E-state index is 12.6. The normalized spacial score (nSPS) is 11.7. The Hall–Kier alpha value is -2.60. The third kappa shape index (κ3) is 3.96. The van der Waals surface area contributed by atoms with E-state index in [1.807, 2.05) is 41.9 Å². The van der Waals surface area contributed by atoms with Gasteiger partial charge in [-0.2, -0.15) is 4.99 Å². The zero-order valence-electron chi connectivity index (χ0n) is 15.2. The number of aromatic nitrogens is 1. The average molecular weight is 370 g/mol. The molecule has 3 rings (SSSR count). The molecule has 0 aliphatic carbocycles. The van der Waals surface area contributed by atoms with Gasteiger partial charge in [-0.1, -0.05) is 30.7 Å². The first-order valence-electron chi connectivity index (χ1n) is 8.58. The summed E-state index contributed by atoms with van der Waals surface area (Å²) in [5, 5.41) is 0. The van der Waals surface area contributed by atoms with Crippen LogP contribution in [0, 0.1) is 0 Å². The van der Waals surface area contributed by atoms with E-state index in [1.165, 1.54) is 11.3 Å². The number of rotatable bonds is 6. The fourth-order valence-electron chi connectivity index (χ4n) is 2.55. The van der Waals surface area contributed by atoms with Gasteiger partial charge in [0.15, 0.2) is 4.80 Å². The number of benzene rings is 2. The fraction of sp³-hybridized carbons (Fsp3) is 0.300. The summed E-state index contributed by atoms with van der Waals surface area (Å²) in [6.07, 6.45) is 2.06. The van der Waals surface area contributed by atoms with Gasteiger partial charge in [0.1, 0.15) is 11.5 Å². The number of ether oxygens (including phenoxy) is 2. The topological polar surface area (TPSA) is 52.8 Å². The molecule has 0 atom stereocenters. The van der Waals surface area contributed by atoms with Crippen LogP contribution in [0.1, 0.15) is 30.1 Å². The molecule has 136 valence electrons. The van der Waals surface area contributed by atoms with E-state index in [4.69, 9.17) is 9.47 Å². The smallest absolute Gasteiger partial charge is 0.279 e. The van der Waals surface area contributed by atoms with E-state index >= 15 is 0 Å². The van der Waals surface area contributed by atoms with E-state index < -0.39 is 0 Å². The molecule has 2 aromatic carbocycles. The lowest BCUT2D eigenvalue weighted by atomic mass is 10.2. The van der Waals surface area contributed by atoms with Crippen molar-refractivity contribution in [1.82, 2.24) is 4.57 Å². The molecule has 0 saturated carbocycles. The van der Waals surface area contributed by atoms with Gasteiger partial charge in [0, 0.05) is 12.6 Å². The first-order chi connectivity index (χ1) is 12.6. The minimum atomic E-state index is -0.278. The van der Waals surface area contributed by atoms with E-state index in [1.54, 1.807) is 19.2 Å². The van der Waals surface area contributed by atoms with Crippen LogP contribution >= 0.6 is 11.3 Å². The Kier molecular flexibility index (Phi) is 5.73. The van der Waals surface area contributed by atoms with Gasteiger partial charge >= 0.3 is 0 Å². The Balaban J connectivity index is 1.90. The predicted molar refractivity (Wildman–Crippen MR) is 104 cm³/mol. The largest absolute Gasteiger partial charge is 0.497 e. The number of methoxy groups -OCH3 is 1. The number of hydrogen-bond donors (Lipinski definition) is 0. The first kappa shape index (κ1) is 18.2. The van der Waals surface area contributed by atoms with Gasteiger partial charge in [0.2, 0.25) is 0 Å². The maximum atomic E-state index is 12.6. The van der Waals surface area contributed by atoms with Crippen LogP contribution < -0.4 is 14.3 Å². The van der Waals surface area contributed by atoms with Crippen LogP contribution in [0.5, 0.6) is 11.5 Å². The van der Waals surface area contributed by atoms with Gasteiger partial charge in [0.25, 0.3) is 5.91 Å². The summed E-state index contributed by atoms with van der Waals surface area (Å²) in [5.74, 6) is 1.21. The lowest BCUT2D eigenvalue weighted by molar-refractivity contribution is 0.0997. The van der Waals surface area contributed by atoms with Gasteiger partial charge in [0.05, 0.1) is 23.9 Å². The van der Waals surface area contributed by atoms with Crippen molar-refractivity contribution in [3.05, 3.63) is 52.8 Å². The monoisotopic (exact) mass is 370 g/mol. The van der Waals surface area contributed by atoms with Crippen molar-refractivity contribution >= 4 is 27.5 Å². The third-order valence-electron chi connectivity index (χ3n) is 4.06. The predicted octanol–water partition coefficient (Wildman–Crippen LogP) is 4.17. The summed E-state index contributed by atoms with van der Waals surface area (Å²) in [6.45, 7) is 2.77. The molecule has 0 aliphatic rings. The van der Waals surface area contributed by atoms with Crippen LogP contribution in [0.4, 0.5) is 0 Å². The molecule has 0 aliphatic heterocycles. The van der Waals surface area contributed by atoms with Crippen molar-refractivity contribution in [2.75, 3.05) is 13.7 Å². The molecule has 6 heteroatoms. The van der Waals surface area contributed by atoms with Crippen LogP contribution in [0.3, 0.4) is 0 Å². The van der Waals surface area contributed by atoms with Crippen LogP contribution in [-0.4, -0.2) is 24.2 Å². The van der Waals surface area contributed by atoms with Crippen molar-refractivity contribution in [1.29, 1.82) is 0 Å². The van der Waals surface area contributed by atoms with Crippen molar-refractivity contribution < 1.29 is 14.3 Å². The standard InChI is InChI=1S/C20H22N2O3S/c1-4-5-11-25-16-8-6-7-14(12-16)19(23)21-20-22(2)17-10-9-15(24-3)13-18(17)26-20/h6-10,12-13H,4-5,11H2,1-3H3. The summed E-state index contributed by atoms with van der Waals surface area (Å²) in [5.41, 5.74) is 1.54. The number of fused-ring (bicyclic) bond motifs is 1. The minimum Gasteiger partial charge on any atom is -0.497 e. The Morgan fingerprint density at radius 1 is 1.19 bits per heavy atom. The molecule has 1 amide bonds. The van der Waals surface area contributed by atoms with Gasteiger partial charge in [-0.15, -0.1) is 0 Å². The number of carbonyl (C=O) groups excluding carboxylic acids is 1. The second kappa shape index (κ2) is 8.19. The van der Waals surface area contributed by atoms with E-state index in [2.05, 4.69) is 11.9 Å². The van der Waals surface area contributed by atoms with Crippen LogP contribution in [0.15, 0.2) is 47.5 Å². The van der Waals surface area contributed by atoms with E-state index in [9.17, 15) is 4.79 Å². The molecule has 26 heavy (non-hydrogen) atoms. The highest BCUT2D eigenvalue weighted by Gasteiger charge is 2.09. The Morgan fingerprint density at radius 2 is 2.04 bits per heavy atom. The third-order valence-corrected chi connectivity index (χ3v) is 5.16. The maximum Gasteiger partial charge on any atom is 0.279 e. The number of carbonyl (C=O) groups is 1. The SMILES string of the molecule is CCCCOc1cccc(C(=O)N=c2sc3cc(OC)ccc3n2C)c1. The van der Waals surface area contributed by atoms with Gasteiger partial charge < -0.3 is 14.0 Å². The fourth-order valence-corrected chi connectivity index (χ4v) is 3.60. The molecule has 1 aromatic heterocycles. The average Bonchev–Trinajstić information content (AvgIpc) is 2.97. The molecule has 0 bridgehead atoms. The molecule has 0 spiro atoms. The van der Waals surface area contributed by atoms with E-state index in [-0.39, 0.29) is 5.91 Å². The van der Waals surface area contributed by atoms with Crippen LogP contribution in [-0.2, 0) is 7.05 Å². The summed E-state index contributed by atoms with van der Waals surface area (Å²) >= 11 is 1.46. The highest BCUT2D eigenvalue weighted by atomic mass is 32.1. The highest BCUT2D eigenvalue weighted by Crippen LogP contribution is 2.22. The van der Waals surface area contributed by atoms with Crippen molar-refractivity contribution in [3.8, 4) is 11.5 Å². The van der Waals surface area contributed by atoms with Gasteiger partial charge in [-0.3, -0.25) is 4.79 Å². The Labute approximate surface area is 156 Å². The van der Waals surface area contributed by atoms with Gasteiger partial charge in [-0.05, 0) is 42.8 Å². The van der Waals surface area contributed by atoms with Crippen LogP contribution in [0.25, 0.3) is 10.2 Å². The second-order valence-corrected chi connectivity index (χ2v) is 6.93. The molecule has 0 unspecified atom stereocenters. The quantitative estimate of drug-likeness (QED) is 0.612. The number of aryl methyl sites for hydroxylation is 1. The van der Waals surface area contributed by atoms with E-state index in [0.29, 0.717) is 22.7 Å². The molecule has 0 saturated heterocycles. The molecular weight excluding hydrogens is 348 g/mol. The van der Waals surface area contributed by atoms with Crippen molar-refractivity contribution in [2.45, 2.75) is 19.8 Å². The van der Waals surface area contributed by atoms with E-state index in [0.717, 1.165) is 28.8 Å². The number of nitrogens with zero attached hydrogens (tertiary/aromatic N) is 2. The summed E-state index contributed by atoms with van der Waals surface area (Å²) in [7, 11) is 3.54. The molecule has 1 heterocycles. The van der Waals surface area contributed by atoms with Crippen molar-refractivity contribution in [3.63, 3.8) is 0 Å². The number of amides is 1. The zero-order valence-corrected chi connectivity index (χ0v) is 16.0. The van der Waals surface area contributed by atoms with Gasteiger partial charge in [-0.25, -0.2) is 0 Å². The summed E-state index contributed by atoms with van der Waals surface area (Å²) < 4.78 is 13.9. The molecule has 3 aromatic rings. The first-order valence-corrected chi connectivity index (χ1v) is 9.39. The molecule has 0 radical (unpaired) electrons. The highest BCUT2D eigenvalue weighted by molar-refractivity contribution is 7.16. The minimum absolute atomic E-state index is 0.278. The summed E-state index contributed by atoms with van der Waals surface area (Å²) in [4.78, 5) is 17.5. The lowest BCUT2D eigenvalue weighted by Crippen LogP contribution is -2.13. The second-order valence-electron chi connectivity index (χ2n) is 5.92.